The summed E-state index contributed by atoms with van der Waals surface area (Å²) < 4.78 is 24.5. The number of hydrogen-bond donors (Lipinski definition) is 1. The Bertz CT molecular complexity index is 513. The van der Waals surface area contributed by atoms with Crippen molar-refractivity contribution in [1.82, 2.24) is 5.32 Å². The first-order valence-electron chi connectivity index (χ1n) is 6.17. The summed E-state index contributed by atoms with van der Waals surface area (Å²) in [5.74, 6) is 0.137. The monoisotopic (exact) mass is 269 g/mol. The minimum atomic E-state index is -3.20. The molecule has 0 saturated heterocycles. The van der Waals surface area contributed by atoms with Gasteiger partial charge in [0.05, 0.1) is 10.6 Å². The topological polar surface area (TPSA) is 46.2 Å². The maximum absolute atomic E-state index is 12.3. The van der Waals surface area contributed by atoms with Gasteiger partial charge in [0, 0.05) is 6.54 Å². The van der Waals surface area contributed by atoms with E-state index in [1.807, 2.05) is 25.1 Å². The minimum absolute atomic E-state index is 0.0407. The molecule has 0 unspecified atom stereocenters. The Morgan fingerprint density at radius 3 is 2.33 bits per heavy atom. The van der Waals surface area contributed by atoms with E-state index in [-0.39, 0.29) is 11.2 Å². The molecule has 18 heavy (non-hydrogen) atoms. The number of rotatable bonds is 4. The van der Waals surface area contributed by atoms with E-state index in [1.54, 1.807) is 7.05 Å². The zero-order valence-electron chi connectivity index (χ0n) is 11.9. The molecule has 1 rings (SSSR count). The smallest absolute Gasteiger partial charge is 0.179 e. The summed E-state index contributed by atoms with van der Waals surface area (Å²) in [6.07, 6.45) is 0. The predicted octanol–water partition coefficient (Wildman–Crippen LogP) is 2.29. The van der Waals surface area contributed by atoms with Gasteiger partial charge in [0.1, 0.15) is 0 Å². The molecule has 1 N–H and O–H groups in total. The van der Waals surface area contributed by atoms with Gasteiger partial charge >= 0.3 is 0 Å². The van der Waals surface area contributed by atoms with Crippen LogP contribution in [0.25, 0.3) is 0 Å². The molecule has 0 atom stereocenters. The lowest BCUT2D eigenvalue weighted by Crippen LogP contribution is -2.21. The first kappa shape index (κ1) is 15.2. The molecule has 0 radical (unpaired) electrons. The van der Waals surface area contributed by atoms with Crippen molar-refractivity contribution in [3.8, 4) is 0 Å². The molecule has 0 aliphatic rings. The van der Waals surface area contributed by atoms with Crippen LogP contribution < -0.4 is 5.32 Å². The normalized spacial score (nSPS) is 12.7. The summed E-state index contributed by atoms with van der Waals surface area (Å²) >= 11 is 0. The summed E-state index contributed by atoms with van der Waals surface area (Å²) in [4.78, 5) is 0.463. The zero-order valence-corrected chi connectivity index (χ0v) is 12.7. The molecule has 0 saturated carbocycles. The van der Waals surface area contributed by atoms with Gasteiger partial charge in [0.15, 0.2) is 9.84 Å². The van der Waals surface area contributed by atoms with E-state index in [0.717, 1.165) is 11.1 Å². The SMILES string of the molecule is CNCCS(=O)(=O)c1cc(C(C)(C)C)ccc1C. The third-order valence-electron chi connectivity index (χ3n) is 3.01. The highest BCUT2D eigenvalue weighted by atomic mass is 32.2. The van der Waals surface area contributed by atoms with E-state index < -0.39 is 9.84 Å². The molecule has 3 nitrogen and oxygen atoms in total. The van der Waals surface area contributed by atoms with E-state index in [1.165, 1.54) is 0 Å². The molecule has 1 aromatic carbocycles. The van der Waals surface area contributed by atoms with Crippen molar-refractivity contribution in [3.63, 3.8) is 0 Å². The Morgan fingerprint density at radius 2 is 1.83 bits per heavy atom. The first-order chi connectivity index (χ1) is 8.18. The first-order valence-corrected chi connectivity index (χ1v) is 7.82. The minimum Gasteiger partial charge on any atom is -0.319 e. The fraction of sp³-hybridized carbons (Fsp3) is 0.571. The average molecular weight is 269 g/mol. The zero-order chi connectivity index (χ0) is 14.0. The quantitative estimate of drug-likeness (QED) is 0.912. The molecular formula is C14H23NO2S. The maximum Gasteiger partial charge on any atom is 0.179 e. The van der Waals surface area contributed by atoms with Gasteiger partial charge < -0.3 is 5.32 Å². The van der Waals surface area contributed by atoms with Gasteiger partial charge in [0.25, 0.3) is 0 Å². The second kappa shape index (κ2) is 5.41. The molecular weight excluding hydrogens is 246 g/mol. The number of benzene rings is 1. The maximum atomic E-state index is 12.3. The van der Waals surface area contributed by atoms with Gasteiger partial charge in [-0.25, -0.2) is 8.42 Å². The van der Waals surface area contributed by atoms with Gasteiger partial charge in [-0.15, -0.1) is 0 Å². The third kappa shape index (κ3) is 3.56. The van der Waals surface area contributed by atoms with Crippen LogP contribution in [0.3, 0.4) is 0 Å². The van der Waals surface area contributed by atoms with Crippen molar-refractivity contribution < 1.29 is 8.42 Å². The lowest BCUT2D eigenvalue weighted by Gasteiger charge is -2.20. The average Bonchev–Trinajstić information content (AvgIpc) is 2.25. The van der Waals surface area contributed by atoms with Crippen molar-refractivity contribution >= 4 is 9.84 Å². The molecule has 0 aliphatic carbocycles. The van der Waals surface area contributed by atoms with Crippen molar-refractivity contribution in [1.29, 1.82) is 0 Å². The van der Waals surface area contributed by atoms with E-state index in [0.29, 0.717) is 11.4 Å². The Balaban J connectivity index is 3.24. The lowest BCUT2D eigenvalue weighted by atomic mass is 9.87. The van der Waals surface area contributed by atoms with E-state index >= 15 is 0 Å². The fourth-order valence-electron chi connectivity index (χ4n) is 1.75. The van der Waals surface area contributed by atoms with Crippen LogP contribution in [0, 0.1) is 6.92 Å². The van der Waals surface area contributed by atoms with Crippen LogP contribution in [0.1, 0.15) is 31.9 Å². The van der Waals surface area contributed by atoms with Crippen molar-refractivity contribution in [2.75, 3.05) is 19.3 Å². The number of sulfone groups is 1. The second-order valence-corrected chi connectivity index (χ2v) is 7.73. The highest BCUT2D eigenvalue weighted by molar-refractivity contribution is 7.91. The van der Waals surface area contributed by atoms with Gasteiger partial charge in [-0.1, -0.05) is 32.9 Å². The second-order valence-electron chi connectivity index (χ2n) is 5.65. The molecule has 0 amide bonds. The van der Waals surface area contributed by atoms with Crippen molar-refractivity contribution in [3.05, 3.63) is 29.3 Å². The van der Waals surface area contributed by atoms with E-state index in [2.05, 4.69) is 26.1 Å². The van der Waals surface area contributed by atoms with Crippen LogP contribution >= 0.6 is 0 Å². The third-order valence-corrected chi connectivity index (χ3v) is 4.86. The molecule has 0 aromatic heterocycles. The standard InChI is InChI=1S/C14H23NO2S/c1-11-6-7-12(14(2,3)4)10-13(11)18(16,17)9-8-15-5/h6-7,10,15H,8-9H2,1-5H3. The molecule has 102 valence electrons. The number of hydrogen-bond acceptors (Lipinski definition) is 3. The Kier molecular flexibility index (Phi) is 4.56. The van der Waals surface area contributed by atoms with Gasteiger partial charge in [-0.3, -0.25) is 0 Å². The highest BCUT2D eigenvalue weighted by Gasteiger charge is 2.20. The summed E-state index contributed by atoms with van der Waals surface area (Å²) in [5.41, 5.74) is 1.83. The van der Waals surface area contributed by atoms with E-state index in [4.69, 9.17) is 0 Å². The van der Waals surface area contributed by atoms with Crippen LogP contribution in [-0.4, -0.2) is 27.8 Å². The molecule has 1 aromatic rings. The summed E-state index contributed by atoms with van der Waals surface area (Å²) in [6, 6.07) is 5.72. The lowest BCUT2D eigenvalue weighted by molar-refractivity contribution is 0.582. The summed E-state index contributed by atoms with van der Waals surface area (Å²) in [7, 11) is -1.44. The Hall–Kier alpha value is -0.870. The van der Waals surface area contributed by atoms with Crippen LogP contribution in [0.4, 0.5) is 0 Å². The van der Waals surface area contributed by atoms with Gasteiger partial charge in [-0.05, 0) is 36.6 Å². The van der Waals surface area contributed by atoms with Crippen LogP contribution in [0.5, 0.6) is 0 Å². The van der Waals surface area contributed by atoms with Gasteiger partial charge in [0.2, 0.25) is 0 Å². The molecule has 0 fully saturated rings. The predicted molar refractivity (Wildman–Crippen MR) is 75.9 cm³/mol. The van der Waals surface area contributed by atoms with Crippen LogP contribution in [-0.2, 0) is 15.3 Å². The van der Waals surface area contributed by atoms with E-state index in [9.17, 15) is 8.42 Å². The van der Waals surface area contributed by atoms with Crippen LogP contribution in [0.15, 0.2) is 23.1 Å². The number of aryl methyl sites for hydroxylation is 1. The summed E-state index contributed by atoms with van der Waals surface area (Å²) in [5, 5.41) is 2.88. The highest BCUT2D eigenvalue weighted by Crippen LogP contribution is 2.27. The molecule has 0 bridgehead atoms. The van der Waals surface area contributed by atoms with Crippen LogP contribution in [0.2, 0.25) is 0 Å². The largest absolute Gasteiger partial charge is 0.319 e. The molecule has 0 heterocycles. The fourth-order valence-corrected chi connectivity index (χ4v) is 3.31. The Labute approximate surface area is 111 Å². The number of nitrogens with one attached hydrogen (secondary N) is 1. The molecule has 0 spiro atoms. The van der Waals surface area contributed by atoms with Gasteiger partial charge in [-0.2, -0.15) is 0 Å². The molecule has 4 heteroatoms. The summed E-state index contributed by atoms with van der Waals surface area (Å²) in [6.45, 7) is 8.57. The van der Waals surface area contributed by atoms with Crippen molar-refractivity contribution in [2.45, 2.75) is 38.0 Å². The van der Waals surface area contributed by atoms with Crippen molar-refractivity contribution in [2.24, 2.45) is 0 Å². The Morgan fingerprint density at radius 1 is 1.22 bits per heavy atom. The molecule has 0 aliphatic heterocycles.